The molecule has 3 heterocycles. The van der Waals surface area contributed by atoms with Crippen molar-refractivity contribution >= 4 is 34.4 Å². The van der Waals surface area contributed by atoms with E-state index < -0.39 is 11.8 Å². The summed E-state index contributed by atoms with van der Waals surface area (Å²) in [6.45, 7) is 4.54. The van der Waals surface area contributed by atoms with E-state index in [0.29, 0.717) is 28.4 Å². The summed E-state index contributed by atoms with van der Waals surface area (Å²) in [5, 5.41) is 9.01. The van der Waals surface area contributed by atoms with Crippen molar-refractivity contribution in [1.29, 1.82) is 0 Å². The number of imide groups is 2. The van der Waals surface area contributed by atoms with Gasteiger partial charge in [0.1, 0.15) is 12.7 Å². The van der Waals surface area contributed by atoms with Crippen molar-refractivity contribution in [1.82, 2.24) is 19.8 Å². The van der Waals surface area contributed by atoms with Crippen LogP contribution in [0.3, 0.4) is 0 Å². The molecular formula is C24H23N5O4. The highest BCUT2D eigenvalue weighted by molar-refractivity contribution is 6.37. The molecule has 0 bridgehead atoms. The maximum absolute atomic E-state index is 13.4. The summed E-state index contributed by atoms with van der Waals surface area (Å²) in [5.41, 5.74) is 1.19. The van der Waals surface area contributed by atoms with Gasteiger partial charge in [0.2, 0.25) is 0 Å². The van der Waals surface area contributed by atoms with E-state index in [2.05, 4.69) is 24.0 Å². The molecule has 1 aromatic heterocycles. The fourth-order valence-electron chi connectivity index (χ4n) is 4.76. The Bertz CT molecular complexity index is 1240. The number of amides is 4. The molecule has 0 saturated heterocycles. The van der Waals surface area contributed by atoms with Crippen molar-refractivity contribution in [2.75, 3.05) is 11.6 Å². The third-order valence-electron chi connectivity index (χ3n) is 6.58. The fourth-order valence-corrected chi connectivity index (χ4v) is 4.76. The minimum absolute atomic E-state index is 0.229. The van der Waals surface area contributed by atoms with Crippen LogP contribution in [0.25, 0.3) is 10.8 Å². The molecule has 168 valence electrons. The van der Waals surface area contributed by atoms with E-state index in [1.54, 1.807) is 24.3 Å². The van der Waals surface area contributed by atoms with E-state index >= 15 is 0 Å². The first-order chi connectivity index (χ1) is 16.0. The molecule has 1 atom stereocenters. The van der Waals surface area contributed by atoms with Crippen molar-refractivity contribution in [3.8, 4) is 0 Å². The number of nitrogens with zero attached hydrogens (tertiary/aromatic N) is 5. The van der Waals surface area contributed by atoms with Gasteiger partial charge < -0.3 is 0 Å². The van der Waals surface area contributed by atoms with Crippen LogP contribution in [-0.4, -0.2) is 49.9 Å². The number of carbonyl (C=O) groups excluding carboxylic acids is 4. The van der Waals surface area contributed by atoms with Crippen LogP contribution in [0.2, 0.25) is 0 Å². The van der Waals surface area contributed by atoms with Gasteiger partial charge in [0.15, 0.2) is 0 Å². The molecule has 2 aliphatic heterocycles. The van der Waals surface area contributed by atoms with Crippen LogP contribution in [0, 0.1) is 5.92 Å². The van der Waals surface area contributed by atoms with Crippen molar-refractivity contribution in [2.24, 2.45) is 5.92 Å². The summed E-state index contributed by atoms with van der Waals surface area (Å²) in [4.78, 5) is 54.5. The number of aromatic nitrogens is 3. The molecule has 9 heteroatoms. The average Bonchev–Trinajstić information content (AvgIpc) is 3.35. The SMILES string of the molecule is CCCCC(CC)CN1C(=O)c2ccc3c4c(ccc(c24)C1=O)C(=O)N(n1cnnc1)C3=O. The third-order valence-corrected chi connectivity index (χ3v) is 6.58. The van der Waals surface area contributed by atoms with Gasteiger partial charge in [-0.3, -0.25) is 24.1 Å². The van der Waals surface area contributed by atoms with Crippen LogP contribution in [0.4, 0.5) is 0 Å². The molecule has 0 spiro atoms. The van der Waals surface area contributed by atoms with Gasteiger partial charge in [-0.05, 0) is 36.6 Å². The summed E-state index contributed by atoms with van der Waals surface area (Å²) in [6, 6.07) is 6.27. The van der Waals surface area contributed by atoms with E-state index in [0.717, 1.165) is 30.7 Å². The standard InChI is InChI=1S/C24H23N5O4/c1-3-5-6-14(4-2)11-28-21(30)15-7-9-17-20-18(10-8-16(19(15)20)22(28)31)24(33)29(23(17)32)27-12-25-26-13-27/h7-10,12-14H,3-6,11H2,1-2H3. The maximum atomic E-state index is 13.4. The Morgan fingerprint density at radius 2 is 1.24 bits per heavy atom. The molecule has 0 N–H and O–H groups in total. The summed E-state index contributed by atoms with van der Waals surface area (Å²) in [6.07, 6.45) is 6.45. The lowest BCUT2D eigenvalue weighted by Gasteiger charge is -2.33. The fraction of sp³-hybridized carbons (Fsp3) is 0.333. The monoisotopic (exact) mass is 445 g/mol. The molecule has 5 rings (SSSR count). The van der Waals surface area contributed by atoms with Crippen LogP contribution >= 0.6 is 0 Å². The van der Waals surface area contributed by atoms with Crippen LogP contribution in [0.5, 0.6) is 0 Å². The molecule has 2 aliphatic rings. The van der Waals surface area contributed by atoms with Crippen LogP contribution in [0.1, 0.15) is 81.0 Å². The highest BCUT2D eigenvalue weighted by atomic mass is 16.2. The maximum Gasteiger partial charge on any atom is 0.280 e. The van der Waals surface area contributed by atoms with Crippen molar-refractivity contribution in [3.05, 3.63) is 59.2 Å². The van der Waals surface area contributed by atoms with Gasteiger partial charge in [0.05, 0.1) is 11.1 Å². The first-order valence-electron chi connectivity index (χ1n) is 11.2. The van der Waals surface area contributed by atoms with Gasteiger partial charge in [-0.25, -0.2) is 4.68 Å². The van der Waals surface area contributed by atoms with E-state index in [9.17, 15) is 19.2 Å². The van der Waals surface area contributed by atoms with Crippen LogP contribution < -0.4 is 5.01 Å². The van der Waals surface area contributed by atoms with Crippen molar-refractivity contribution in [3.63, 3.8) is 0 Å². The number of benzene rings is 2. The second kappa shape index (κ2) is 7.91. The van der Waals surface area contributed by atoms with E-state index in [1.807, 2.05) is 0 Å². The van der Waals surface area contributed by atoms with E-state index in [1.165, 1.54) is 22.2 Å². The Balaban J connectivity index is 1.61. The second-order valence-electron chi connectivity index (χ2n) is 8.47. The van der Waals surface area contributed by atoms with Crippen molar-refractivity contribution < 1.29 is 19.2 Å². The van der Waals surface area contributed by atoms with Crippen molar-refractivity contribution in [2.45, 2.75) is 39.5 Å². The molecular weight excluding hydrogens is 422 g/mol. The number of unbranched alkanes of at least 4 members (excludes halogenated alkanes) is 1. The minimum Gasteiger partial charge on any atom is -0.274 e. The number of rotatable bonds is 7. The predicted octanol–water partition coefficient (Wildman–Crippen LogP) is 3.18. The molecule has 0 saturated carbocycles. The summed E-state index contributed by atoms with van der Waals surface area (Å²) >= 11 is 0. The lowest BCUT2D eigenvalue weighted by atomic mass is 9.86. The average molecular weight is 445 g/mol. The highest BCUT2D eigenvalue weighted by Gasteiger charge is 2.40. The summed E-state index contributed by atoms with van der Waals surface area (Å²) < 4.78 is 1.21. The largest absolute Gasteiger partial charge is 0.280 e. The van der Waals surface area contributed by atoms with Gasteiger partial charge in [0.25, 0.3) is 23.6 Å². The smallest absolute Gasteiger partial charge is 0.274 e. The zero-order chi connectivity index (χ0) is 23.3. The molecule has 0 fully saturated rings. The third kappa shape index (κ3) is 3.06. The lowest BCUT2D eigenvalue weighted by Crippen LogP contribution is -2.48. The Morgan fingerprint density at radius 3 is 1.70 bits per heavy atom. The van der Waals surface area contributed by atoms with E-state index in [4.69, 9.17) is 0 Å². The highest BCUT2D eigenvalue weighted by Crippen LogP contribution is 2.37. The molecule has 1 unspecified atom stereocenters. The Kier molecular flexibility index (Phi) is 5.03. The normalized spacial score (nSPS) is 16.2. The molecule has 9 nitrogen and oxygen atoms in total. The van der Waals surface area contributed by atoms with Crippen LogP contribution in [-0.2, 0) is 0 Å². The zero-order valence-electron chi connectivity index (χ0n) is 18.4. The van der Waals surface area contributed by atoms with Gasteiger partial charge in [-0.1, -0.05) is 33.1 Å². The van der Waals surface area contributed by atoms with Gasteiger partial charge in [-0.15, -0.1) is 10.2 Å². The molecule has 0 aliphatic carbocycles. The number of carbonyl (C=O) groups is 4. The lowest BCUT2D eigenvalue weighted by molar-refractivity contribution is 0.0578. The topological polar surface area (TPSA) is 105 Å². The Hall–Kier alpha value is -3.88. The summed E-state index contributed by atoms with van der Waals surface area (Å²) in [7, 11) is 0. The predicted molar refractivity (Wildman–Crippen MR) is 120 cm³/mol. The Labute approximate surface area is 190 Å². The molecule has 33 heavy (non-hydrogen) atoms. The first-order valence-corrected chi connectivity index (χ1v) is 11.2. The molecule has 4 amide bonds. The first kappa shape index (κ1) is 21.0. The second-order valence-corrected chi connectivity index (χ2v) is 8.47. The van der Waals surface area contributed by atoms with Gasteiger partial charge >= 0.3 is 0 Å². The summed E-state index contributed by atoms with van der Waals surface area (Å²) in [5.74, 6) is -1.67. The molecule has 3 aromatic rings. The number of hydrogen-bond donors (Lipinski definition) is 0. The zero-order valence-corrected chi connectivity index (χ0v) is 18.4. The van der Waals surface area contributed by atoms with Gasteiger partial charge in [-0.2, -0.15) is 5.01 Å². The number of hydrogen-bond acceptors (Lipinski definition) is 6. The van der Waals surface area contributed by atoms with E-state index in [-0.39, 0.29) is 28.9 Å². The molecule has 0 radical (unpaired) electrons. The van der Waals surface area contributed by atoms with Crippen LogP contribution in [0.15, 0.2) is 36.9 Å². The van der Waals surface area contributed by atoms with Gasteiger partial charge in [0, 0.05) is 28.4 Å². The Morgan fingerprint density at radius 1 is 0.758 bits per heavy atom. The molecule has 2 aromatic carbocycles. The quantitative estimate of drug-likeness (QED) is 0.517. The minimum atomic E-state index is -0.566.